The SMILES string of the molecule is CCC[N+](CC)(CCC)OC. The maximum atomic E-state index is 5.51. The van der Waals surface area contributed by atoms with Crippen LogP contribution in [-0.4, -0.2) is 31.4 Å². The molecule has 0 aliphatic heterocycles. The lowest BCUT2D eigenvalue weighted by Crippen LogP contribution is -2.47. The van der Waals surface area contributed by atoms with E-state index in [1.165, 1.54) is 12.8 Å². The van der Waals surface area contributed by atoms with E-state index in [0.717, 1.165) is 24.3 Å². The van der Waals surface area contributed by atoms with Crippen LogP contribution >= 0.6 is 0 Å². The molecule has 0 unspecified atom stereocenters. The van der Waals surface area contributed by atoms with E-state index in [2.05, 4.69) is 20.8 Å². The predicted molar refractivity (Wildman–Crippen MR) is 48.1 cm³/mol. The number of rotatable bonds is 6. The van der Waals surface area contributed by atoms with Gasteiger partial charge in [0.05, 0.1) is 7.11 Å². The zero-order valence-electron chi connectivity index (χ0n) is 8.39. The van der Waals surface area contributed by atoms with Crippen LogP contribution in [0.15, 0.2) is 0 Å². The fraction of sp³-hybridized carbons (Fsp3) is 1.00. The Bertz CT molecular complexity index is 81.6. The Morgan fingerprint density at radius 2 is 1.45 bits per heavy atom. The van der Waals surface area contributed by atoms with Crippen molar-refractivity contribution in [2.75, 3.05) is 26.7 Å². The fourth-order valence-electron chi connectivity index (χ4n) is 1.55. The van der Waals surface area contributed by atoms with Gasteiger partial charge in [-0.3, -0.25) is 0 Å². The molecule has 0 rings (SSSR count). The smallest absolute Gasteiger partial charge is 0.109 e. The highest BCUT2D eigenvalue weighted by molar-refractivity contribution is 4.31. The monoisotopic (exact) mass is 160 g/mol. The van der Waals surface area contributed by atoms with Gasteiger partial charge >= 0.3 is 0 Å². The number of quaternary nitrogens is 1. The highest BCUT2D eigenvalue weighted by Gasteiger charge is 2.23. The van der Waals surface area contributed by atoms with Gasteiger partial charge < -0.3 is 0 Å². The molecule has 0 aliphatic rings. The lowest BCUT2D eigenvalue weighted by Gasteiger charge is -2.32. The highest BCUT2D eigenvalue weighted by Crippen LogP contribution is 2.09. The van der Waals surface area contributed by atoms with Crippen LogP contribution in [0.25, 0.3) is 0 Å². The lowest BCUT2D eigenvalue weighted by molar-refractivity contribution is -1.10. The molecule has 0 radical (unpaired) electrons. The first-order valence-electron chi connectivity index (χ1n) is 4.66. The van der Waals surface area contributed by atoms with E-state index in [4.69, 9.17) is 4.84 Å². The first-order valence-corrected chi connectivity index (χ1v) is 4.66. The van der Waals surface area contributed by atoms with Crippen molar-refractivity contribution in [3.63, 3.8) is 0 Å². The van der Waals surface area contributed by atoms with Crippen molar-refractivity contribution in [2.45, 2.75) is 33.6 Å². The standard InChI is InChI=1S/C9H22NO/c1-5-8-10(7-3,11-4)9-6-2/h5-9H2,1-4H3/q+1. The molecule has 11 heavy (non-hydrogen) atoms. The van der Waals surface area contributed by atoms with Crippen molar-refractivity contribution in [3.8, 4) is 0 Å². The minimum Gasteiger partial charge on any atom is -0.206 e. The van der Waals surface area contributed by atoms with E-state index >= 15 is 0 Å². The van der Waals surface area contributed by atoms with Gasteiger partial charge in [0.25, 0.3) is 0 Å². The van der Waals surface area contributed by atoms with Crippen molar-refractivity contribution in [2.24, 2.45) is 0 Å². The second kappa shape index (κ2) is 5.56. The van der Waals surface area contributed by atoms with E-state index in [1.807, 2.05) is 7.11 Å². The molecule has 0 aromatic rings. The number of hydrogen-bond donors (Lipinski definition) is 0. The van der Waals surface area contributed by atoms with Gasteiger partial charge in [0.15, 0.2) is 0 Å². The van der Waals surface area contributed by atoms with Crippen molar-refractivity contribution in [3.05, 3.63) is 0 Å². The minimum absolute atomic E-state index is 0.826. The summed E-state index contributed by atoms with van der Waals surface area (Å²) in [5.41, 5.74) is 0. The third-order valence-electron chi connectivity index (χ3n) is 2.23. The summed E-state index contributed by atoms with van der Waals surface area (Å²) in [6.07, 6.45) is 2.39. The Morgan fingerprint density at radius 1 is 1.00 bits per heavy atom. The van der Waals surface area contributed by atoms with Crippen LogP contribution in [0, 0.1) is 0 Å². The number of nitrogens with zero attached hydrogens (tertiary/aromatic N) is 1. The normalized spacial score (nSPS) is 12.0. The van der Waals surface area contributed by atoms with E-state index < -0.39 is 0 Å². The van der Waals surface area contributed by atoms with E-state index in [-0.39, 0.29) is 0 Å². The topological polar surface area (TPSA) is 9.23 Å². The average molecular weight is 160 g/mol. The number of hydroxylamine groups is 3. The van der Waals surface area contributed by atoms with Crippen LogP contribution in [0.3, 0.4) is 0 Å². The van der Waals surface area contributed by atoms with Crippen LogP contribution in [0.2, 0.25) is 0 Å². The summed E-state index contributed by atoms with van der Waals surface area (Å²) < 4.78 is 0.826. The molecule has 0 aliphatic carbocycles. The molecule has 0 aromatic heterocycles. The Morgan fingerprint density at radius 3 is 1.64 bits per heavy atom. The molecule has 0 amide bonds. The van der Waals surface area contributed by atoms with Crippen molar-refractivity contribution in [1.82, 2.24) is 0 Å². The first kappa shape index (κ1) is 10.9. The molecule has 0 aromatic carbocycles. The van der Waals surface area contributed by atoms with Crippen LogP contribution < -0.4 is 0 Å². The Kier molecular flexibility index (Phi) is 5.51. The van der Waals surface area contributed by atoms with Gasteiger partial charge in [-0.25, -0.2) is 4.84 Å². The second-order valence-electron chi connectivity index (χ2n) is 3.00. The van der Waals surface area contributed by atoms with Gasteiger partial charge in [0, 0.05) is 0 Å². The molecule has 0 saturated heterocycles. The summed E-state index contributed by atoms with van der Waals surface area (Å²) >= 11 is 0. The lowest BCUT2D eigenvalue weighted by atomic mass is 10.3. The Labute approximate surface area is 70.7 Å². The molecule has 0 spiro atoms. The zero-order valence-corrected chi connectivity index (χ0v) is 8.39. The van der Waals surface area contributed by atoms with Crippen LogP contribution in [0.4, 0.5) is 0 Å². The molecule has 2 heteroatoms. The Hall–Kier alpha value is -0.0800. The highest BCUT2D eigenvalue weighted by atomic mass is 16.7. The van der Waals surface area contributed by atoms with Crippen LogP contribution in [0.5, 0.6) is 0 Å². The summed E-state index contributed by atoms with van der Waals surface area (Å²) in [7, 11) is 1.81. The average Bonchev–Trinajstić information content (AvgIpc) is 2.04. The van der Waals surface area contributed by atoms with Crippen molar-refractivity contribution in [1.29, 1.82) is 0 Å². The largest absolute Gasteiger partial charge is 0.206 e. The van der Waals surface area contributed by atoms with Gasteiger partial charge in [0.2, 0.25) is 0 Å². The third-order valence-corrected chi connectivity index (χ3v) is 2.23. The van der Waals surface area contributed by atoms with Gasteiger partial charge in [-0.2, -0.15) is 4.65 Å². The van der Waals surface area contributed by atoms with Crippen LogP contribution in [0.1, 0.15) is 33.6 Å². The maximum Gasteiger partial charge on any atom is 0.109 e. The van der Waals surface area contributed by atoms with E-state index in [0.29, 0.717) is 0 Å². The molecule has 0 N–H and O–H groups in total. The zero-order chi connectivity index (χ0) is 8.74. The van der Waals surface area contributed by atoms with Gasteiger partial charge in [-0.1, -0.05) is 13.8 Å². The molecule has 0 bridgehead atoms. The summed E-state index contributed by atoms with van der Waals surface area (Å²) in [4.78, 5) is 5.51. The fourth-order valence-corrected chi connectivity index (χ4v) is 1.55. The third kappa shape index (κ3) is 3.21. The molecule has 2 nitrogen and oxygen atoms in total. The summed E-state index contributed by atoms with van der Waals surface area (Å²) in [6.45, 7) is 9.96. The molecular weight excluding hydrogens is 138 g/mol. The molecular formula is C9H22NO+. The second-order valence-corrected chi connectivity index (χ2v) is 3.00. The van der Waals surface area contributed by atoms with E-state index in [1.54, 1.807) is 0 Å². The van der Waals surface area contributed by atoms with Crippen molar-refractivity contribution >= 4 is 0 Å². The minimum atomic E-state index is 0.826. The summed E-state index contributed by atoms with van der Waals surface area (Å²) in [5.74, 6) is 0. The first-order chi connectivity index (χ1) is 5.24. The quantitative estimate of drug-likeness (QED) is 0.427. The molecule has 0 atom stereocenters. The molecule has 0 saturated carbocycles. The molecule has 0 heterocycles. The summed E-state index contributed by atoms with van der Waals surface area (Å²) in [6, 6.07) is 0. The van der Waals surface area contributed by atoms with E-state index in [9.17, 15) is 0 Å². The molecule has 0 fully saturated rings. The van der Waals surface area contributed by atoms with Gasteiger partial charge in [-0.15, -0.1) is 0 Å². The number of hydrogen-bond acceptors (Lipinski definition) is 1. The Balaban J connectivity index is 3.96. The van der Waals surface area contributed by atoms with Crippen molar-refractivity contribution < 1.29 is 9.48 Å². The molecule has 68 valence electrons. The summed E-state index contributed by atoms with van der Waals surface area (Å²) in [5, 5.41) is 0. The predicted octanol–water partition coefficient (Wildman–Crippen LogP) is 2.20. The maximum absolute atomic E-state index is 5.51. The van der Waals surface area contributed by atoms with Gasteiger partial charge in [0.1, 0.15) is 19.6 Å². The van der Waals surface area contributed by atoms with Crippen LogP contribution in [-0.2, 0) is 4.84 Å². The van der Waals surface area contributed by atoms with Gasteiger partial charge in [-0.05, 0) is 19.8 Å².